The van der Waals surface area contributed by atoms with Gasteiger partial charge in [0.05, 0.1) is 16.8 Å². The van der Waals surface area contributed by atoms with E-state index in [1.54, 1.807) is 11.3 Å². The van der Waals surface area contributed by atoms with Gasteiger partial charge < -0.3 is 10.3 Å². The molecule has 0 atom stereocenters. The summed E-state index contributed by atoms with van der Waals surface area (Å²) in [4.78, 5) is 9.03. The molecule has 1 aliphatic rings. The molecule has 2 N–H and O–H groups in total. The maximum Gasteiger partial charge on any atom is 0.112 e. The lowest BCUT2D eigenvalue weighted by atomic mass is 10.0. The van der Waals surface area contributed by atoms with Gasteiger partial charge in [0.25, 0.3) is 0 Å². The van der Waals surface area contributed by atoms with Gasteiger partial charge >= 0.3 is 0 Å². The molecular weight excluding hydrogens is 274 g/mol. The number of imidazole rings is 1. The van der Waals surface area contributed by atoms with Crippen LogP contribution in [0.5, 0.6) is 0 Å². The van der Waals surface area contributed by atoms with E-state index in [9.17, 15) is 0 Å². The van der Waals surface area contributed by atoms with E-state index in [0.717, 1.165) is 29.1 Å². The highest BCUT2D eigenvalue weighted by Crippen LogP contribution is 2.29. The molecule has 1 fully saturated rings. The molecule has 0 amide bonds. The van der Waals surface area contributed by atoms with E-state index in [2.05, 4.69) is 42.7 Å². The Balaban J connectivity index is 1.89. The van der Waals surface area contributed by atoms with Crippen LogP contribution in [-0.4, -0.2) is 23.1 Å². The zero-order valence-electron chi connectivity index (χ0n) is 7.96. The molecule has 2 aromatic rings. The minimum Gasteiger partial charge on any atom is -0.341 e. The molecule has 3 nitrogen and oxygen atoms in total. The third-order valence-corrected chi connectivity index (χ3v) is 4.32. The number of nitrogens with zero attached hydrogens (tertiary/aromatic N) is 1. The lowest BCUT2D eigenvalue weighted by Gasteiger charge is -2.24. The molecule has 1 aliphatic heterocycles. The zero-order chi connectivity index (χ0) is 10.3. The Bertz CT molecular complexity index is 472. The molecule has 0 spiro atoms. The van der Waals surface area contributed by atoms with Gasteiger partial charge in [0, 0.05) is 28.9 Å². The summed E-state index contributed by atoms with van der Waals surface area (Å²) in [5, 5.41) is 5.33. The molecule has 0 unspecified atom stereocenters. The highest BCUT2D eigenvalue weighted by molar-refractivity contribution is 9.10. The Kier molecular flexibility index (Phi) is 2.38. The summed E-state index contributed by atoms with van der Waals surface area (Å²) < 4.78 is 1.13. The fourth-order valence-electron chi connectivity index (χ4n) is 1.61. The van der Waals surface area contributed by atoms with Crippen LogP contribution in [-0.2, 0) is 0 Å². The molecule has 3 heterocycles. The van der Waals surface area contributed by atoms with Crippen molar-refractivity contribution in [3.05, 3.63) is 27.9 Å². The minimum atomic E-state index is 0.571. The molecule has 78 valence electrons. The molecule has 0 aliphatic carbocycles. The molecule has 1 saturated heterocycles. The van der Waals surface area contributed by atoms with Crippen molar-refractivity contribution in [1.82, 2.24) is 15.3 Å². The third-order valence-electron chi connectivity index (χ3n) is 2.60. The monoisotopic (exact) mass is 283 g/mol. The normalized spacial score (nSPS) is 16.6. The van der Waals surface area contributed by atoms with Crippen molar-refractivity contribution in [2.24, 2.45) is 0 Å². The van der Waals surface area contributed by atoms with E-state index < -0.39 is 0 Å². The average Bonchev–Trinajstić information content (AvgIpc) is 2.70. The van der Waals surface area contributed by atoms with Crippen molar-refractivity contribution in [2.75, 3.05) is 13.1 Å². The lowest BCUT2D eigenvalue weighted by Crippen LogP contribution is -2.40. The molecular formula is C10H10BrN3S. The Morgan fingerprint density at radius 1 is 1.47 bits per heavy atom. The van der Waals surface area contributed by atoms with Crippen LogP contribution >= 0.6 is 27.3 Å². The summed E-state index contributed by atoms with van der Waals surface area (Å²) in [6.07, 6.45) is 1.92. The molecule has 2 aromatic heterocycles. The standard InChI is InChI=1S/C10H10BrN3S/c11-7-1-9(15-5-7)8-4-13-10(14-8)6-2-12-3-6/h1,4-6,12H,2-3H2,(H,13,14). The Morgan fingerprint density at radius 2 is 2.33 bits per heavy atom. The van der Waals surface area contributed by atoms with Crippen molar-refractivity contribution in [1.29, 1.82) is 0 Å². The second-order valence-electron chi connectivity index (χ2n) is 3.67. The zero-order valence-corrected chi connectivity index (χ0v) is 10.4. The molecule has 15 heavy (non-hydrogen) atoms. The van der Waals surface area contributed by atoms with Crippen LogP contribution in [0.1, 0.15) is 11.7 Å². The summed E-state index contributed by atoms with van der Waals surface area (Å²) in [7, 11) is 0. The van der Waals surface area contributed by atoms with Crippen molar-refractivity contribution in [3.8, 4) is 10.6 Å². The van der Waals surface area contributed by atoms with Crippen molar-refractivity contribution in [2.45, 2.75) is 5.92 Å². The first-order chi connectivity index (χ1) is 7.33. The van der Waals surface area contributed by atoms with E-state index in [-0.39, 0.29) is 0 Å². The Hall–Kier alpha value is -0.650. The van der Waals surface area contributed by atoms with Gasteiger partial charge in [-0.05, 0) is 22.0 Å². The van der Waals surface area contributed by atoms with Crippen LogP contribution in [0.15, 0.2) is 22.1 Å². The van der Waals surface area contributed by atoms with Gasteiger partial charge in [0.15, 0.2) is 0 Å². The minimum absolute atomic E-state index is 0.571. The summed E-state index contributed by atoms with van der Waals surface area (Å²) >= 11 is 5.18. The fourth-order valence-corrected chi connectivity index (χ4v) is 3.00. The molecule has 0 bridgehead atoms. The first kappa shape index (κ1) is 9.57. The topological polar surface area (TPSA) is 40.7 Å². The van der Waals surface area contributed by atoms with E-state index >= 15 is 0 Å². The van der Waals surface area contributed by atoms with Crippen molar-refractivity contribution >= 4 is 27.3 Å². The lowest BCUT2D eigenvalue weighted by molar-refractivity contribution is 0.433. The van der Waals surface area contributed by atoms with E-state index in [0.29, 0.717) is 5.92 Å². The van der Waals surface area contributed by atoms with Gasteiger partial charge in [0.1, 0.15) is 5.82 Å². The Morgan fingerprint density at radius 3 is 2.93 bits per heavy atom. The molecule has 3 rings (SSSR count). The maximum atomic E-state index is 4.42. The largest absolute Gasteiger partial charge is 0.341 e. The third kappa shape index (κ3) is 1.75. The molecule has 0 saturated carbocycles. The summed E-state index contributed by atoms with van der Waals surface area (Å²) in [5.41, 5.74) is 1.12. The van der Waals surface area contributed by atoms with Crippen LogP contribution in [0.2, 0.25) is 0 Å². The van der Waals surface area contributed by atoms with Crippen LogP contribution < -0.4 is 5.32 Å². The number of H-pyrrole nitrogens is 1. The number of thiophene rings is 1. The number of aromatic amines is 1. The SMILES string of the molecule is Brc1csc(-c2cnc(C3CNC3)[nH]2)c1. The van der Waals surface area contributed by atoms with E-state index in [1.165, 1.54) is 4.88 Å². The predicted molar refractivity (Wildman–Crippen MR) is 65.2 cm³/mol. The second-order valence-corrected chi connectivity index (χ2v) is 5.49. The molecule has 5 heteroatoms. The first-order valence-electron chi connectivity index (χ1n) is 4.83. The highest BCUT2D eigenvalue weighted by atomic mass is 79.9. The molecule has 0 radical (unpaired) electrons. The summed E-state index contributed by atoms with van der Waals surface area (Å²) in [6.45, 7) is 2.09. The van der Waals surface area contributed by atoms with Gasteiger partial charge in [-0.3, -0.25) is 0 Å². The maximum absolute atomic E-state index is 4.42. The van der Waals surface area contributed by atoms with Crippen LogP contribution in [0.3, 0.4) is 0 Å². The Labute approximate surface area is 100 Å². The van der Waals surface area contributed by atoms with Gasteiger partial charge in [-0.1, -0.05) is 0 Å². The number of hydrogen-bond donors (Lipinski definition) is 2. The van der Waals surface area contributed by atoms with Crippen LogP contribution in [0.25, 0.3) is 10.6 Å². The fraction of sp³-hybridized carbons (Fsp3) is 0.300. The number of nitrogens with one attached hydrogen (secondary N) is 2. The number of rotatable bonds is 2. The number of halogens is 1. The second kappa shape index (κ2) is 3.73. The quantitative estimate of drug-likeness (QED) is 0.890. The average molecular weight is 284 g/mol. The van der Waals surface area contributed by atoms with Crippen LogP contribution in [0.4, 0.5) is 0 Å². The highest BCUT2D eigenvalue weighted by Gasteiger charge is 2.21. The first-order valence-corrected chi connectivity index (χ1v) is 6.50. The number of aromatic nitrogens is 2. The van der Waals surface area contributed by atoms with Gasteiger partial charge in [-0.25, -0.2) is 4.98 Å². The van der Waals surface area contributed by atoms with Crippen molar-refractivity contribution in [3.63, 3.8) is 0 Å². The van der Waals surface area contributed by atoms with E-state index in [4.69, 9.17) is 0 Å². The van der Waals surface area contributed by atoms with Gasteiger partial charge in [-0.15, -0.1) is 11.3 Å². The summed E-state index contributed by atoms with van der Waals surface area (Å²) in [5.74, 6) is 1.68. The van der Waals surface area contributed by atoms with Crippen LogP contribution in [0, 0.1) is 0 Å². The summed E-state index contributed by atoms with van der Waals surface area (Å²) in [6, 6.07) is 2.11. The number of hydrogen-bond acceptors (Lipinski definition) is 3. The molecule has 0 aromatic carbocycles. The predicted octanol–water partition coefficient (Wildman–Crippen LogP) is 2.59. The van der Waals surface area contributed by atoms with Gasteiger partial charge in [-0.2, -0.15) is 0 Å². The van der Waals surface area contributed by atoms with Gasteiger partial charge in [0.2, 0.25) is 0 Å². The van der Waals surface area contributed by atoms with Crippen molar-refractivity contribution < 1.29 is 0 Å². The smallest absolute Gasteiger partial charge is 0.112 e. The van der Waals surface area contributed by atoms with E-state index in [1.807, 2.05) is 6.20 Å².